The van der Waals surface area contributed by atoms with Crippen LogP contribution in [-0.2, 0) is 14.4 Å². The number of benzene rings is 2. The van der Waals surface area contributed by atoms with Crippen molar-refractivity contribution in [3.63, 3.8) is 0 Å². The van der Waals surface area contributed by atoms with Gasteiger partial charge in [0.15, 0.2) is 0 Å². The summed E-state index contributed by atoms with van der Waals surface area (Å²) in [5.74, 6) is -0.707. The number of carboxylic acid groups (broad SMARTS) is 1. The molecule has 3 heterocycles. The van der Waals surface area contributed by atoms with Gasteiger partial charge in [-0.25, -0.2) is 9.78 Å². The molecule has 0 radical (unpaired) electrons. The number of aliphatic carboxylic acids is 1. The average molecular weight is 635 g/mol. The van der Waals surface area contributed by atoms with E-state index in [2.05, 4.69) is 15.6 Å². The number of carbonyl (C=O) groups excluding carboxylic acids is 2. The van der Waals surface area contributed by atoms with Crippen molar-refractivity contribution in [1.82, 2.24) is 15.2 Å². The fraction of sp³-hybridized carbons (Fsp3) is 0.455. The second-order valence-electron chi connectivity index (χ2n) is 11.9. The normalized spacial score (nSPS) is 27.0. The number of anilines is 1. The standard InChI is InChI=1S/C33H38N4O7S/c1-42-22-11-8-10-21(15-22)34-26-12-7-5-3-4-6-9-20-18-33(20,31(40)41)36-29(38)27-16-24(19-37(27)30(26)39)44-32-35-25-14-13-23(43-2)17-28(25)45-32/h6,8-11,13-15,17,20,24,26-27,34H,3-5,7,12,16,18-19H2,1-2H3,(H,36,38)(H,40,41)/t20-,24-,26+,27+,33-/m1/s1. The van der Waals surface area contributed by atoms with Crippen LogP contribution in [0.2, 0.25) is 0 Å². The van der Waals surface area contributed by atoms with E-state index in [1.165, 1.54) is 11.3 Å². The van der Waals surface area contributed by atoms with E-state index in [0.29, 0.717) is 29.5 Å². The van der Waals surface area contributed by atoms with Gasteiger partial charge in [-0.3, -0.25) is 9.59 Å². The molecule has 12 heteroatoms. The number of thiazole rings is 1. The van der Waals surface area contributed by atoms with Gasteiger partial charge in [0.2, 0.25) is 11.8 Å². The van der Waals surface area contributed by atoms with Crippen LogP contribution < -0.4 is 24.8 Å². The largest absolute Gasteiger partial charge is 0.497 e. The molecule has 45 heavy (non-hydrogen) atoms. The van der Waals surface area contributed by atoms with Gasteiger partial charge in [0.05, 0.1) is 31.0 Å². The van der Waals surface area contributed by atoms with Crippen LogP contribution in [0.4, 0.5) is 5.69 Å². The molecule has 3 N–H and O–H groups in total. The van der Waals surface area contributed by atoms with E-state index in [1.807, 2.05) is 54.6 Å². The summed E-state index contributed by atoms with van der Waals surface area (Å²) in [5.41, 5.74) is 0.125. The monoisotopic (exact) mass is 634 g/mol. The molecule has 1 saturated carbocycles. The maximum Gasteiger partial charge on any atom is 0.330 e. The average Bonchev–Trinajstić information content (AvgIpc) is 3.35. The Morgan fingerprint density at radius 2 is 1.93 bits per heavy atom. The molecule has 3 aromatic rings. The number of nitrogens with one attached hydrogen (secondary N) is 2. The Morgan fingerprint density at radius 3 is 2.73 bits per heavy atom. The van der Waals surface area contributed by atoms with Gasteiger partial charge in [-0.15, -0.1) is 0 Å². The molecule has 5 atom stereocenters. The van der Waals surface area contributed by atoms with Crippen molar-refractivity contribution in [2.75, 3.05) is 26.1 Å². The predicted molar refractivity (Wildman–Crippen MR) is 170 cm³/mol. The number of ether oxygens (including phenoxy) is 3. The number of allylic oxidation sites excluding steroid dienone is 1. The summed E-state index contributed by atoms with van der Waals surface area (Å²) >= 11 is 1.36. The van der Waals surface area contributed by atoms with Crippen LogP contribution in [0.1, 0.15) is 44.9 Å². The lowest BCUT2D eigenvalue weighted by molar-refractivity contribution is -0.145. The highest BCUT2D eigenvalue weighted by Crippen LogP contribution is 2.45. The van der Waals surface area contributed by atoms with Gasteiger partial charge in [0.25, 0.3) is 5.19 Å². The Hall–Kier alpha value is -4.32. The Balaban J connectivity index is 1.29. The van der Waals surface area contributed by atoms with Crippen LogP contribution in [0, 0.1) is 5.92 Å². The van der Waals surface area contributed by atoms with Crippen LogP contribution in [0.15, 0.2) is 54.6 Å². The number of nitrogens with zero attached hydrogens (tertiary/aromatic N) is 2. The van der Waals surface area contributed by atoms with E-state index in [9.17, 15) is 19.5 Å². The zero-order valence-electron chi connectivity index (χ0n) is 25.4. The highest BCUT2D eigenvalue weighted by molar-refractivity contribution is 7.20. The highest BCUT2D eigenvalue weighted by atomic mass is 32.1. The number of hydrogen-bond acceptors (Lipinski definition) is 9. The molecule has 6 rings (SSSR count). The van der Waals surface area contributed by atoms with E-state index < -0.39 is 35.6 Å². The van der Waals surface area contributed by atoms with Crippen LogP contribution in [0.5, 0.6) is 16.7 Å². The molecular formula is C33H38N4O7S. The summed E-state index contributed by atoms with van der Waals surface area (Å²) < 4.78 is 17.9. The molecule has 11 nitrogen and oxygen atoms in total. The maximum atomic E-state index is 14.3. The van der Waals surface area contributed by atoms with E-state index in [4.69, 9.17) is 14.2 Å². The van der Waals surface area contributed by atoms with E-state index in [0.717, 1.165) is 41.6 Å². The van der Waals surface area contributed by atoms with Gasteiger partial charge in [0.1, 0.15) is 35.2 Å². The van der Waals surface area contributed by atoms with Crippen molar-refractivity contribution in [3.8, 4) is 16.7 Å². The lowest BCUT2D eigenvalue weighted by Gasteiger charge is -2.30. The van der Waals surface area contributed by atoms with Crippen molar-refractivity contribution < 1.29 is 33.7 Å². The minimum Gasteiger partial charge on any atom is -0.497 e. The van der Waals surface area contributed by atoms with Crippen molar-refractivity contribution in [3.05, 3.63) is 54.6 Å². The first-order chi connectivity index (χ1) is 21.8. The molecule has 1 aliphatic carbocycles. The summed E-state index contributed by atoms with van der Waals surface area (Å²) in [5, 5.41) is 16.8. The van der Waals surface area contributed by atoms with Crippen LogP contribution in [0.3, 0.4) is 0 Å². The SMILES string of the molecule is COc1cccc(N[C@H]2CCCCCC=C[C@@H]3C[C@@]3(C(=O)O)NC(=O)[C@@H]3C[C@@H](Oc4nc5ccc(OC)cc5s4)CN3C2=O)c1. The smallest absolute Gasteiger partial charge is 0.330 e. The number of aromatic nitrogens is 1. The van der Waals surface area contributed by atoms with Gasteiger partial charge in [0, 0.05) is 24.1 Å². The molecule has 1 saturated heterocycles. The van der Waals surface area contributed by atoms with Crippen molar-refractivity contribution in [2.45, 2.75) is 68.7 Å². The van der Waals surface area contributed by atoms with Crippen molar-refractivity contribution >= 4 is 45.0 Å². The molecule has 2 amide bonds. The second-order valence-corrected chi connectivity index (χ2v) is 12.9. The predicted octanol–water partition coefficient (Wildman–Crippen LogP) is 4.62. The molecule has 238 valence electrons. The molecule has 0 bridgehead atoms. The number of rotatable bonds is 7. The van der Waals surface area contributed by atoms with E-state index in [1.54, 1.807) is 19.1 Å². The number of hydrogen-bond donors (Lipinski definition) is 3. The Kier molecular flexibility index (Phi) is 8.84. The number of methoxy groups -OCH3 is 2. The van der Waals surface area contributed by atoms with Crippen LogP contribution >= 0.6 is 11.3 Å². The second kappa shape index (κ2) is 13.0. The van der Waals surface area contributed by atoms with Crippen LogP contribution in [0.25, 0.3) is 10.2 Å². The summed E-state index contributed by atoms with van der Waals surface area (Å²) in [6.07, 6.45) is 7.96. The first-order valence-corrected chi connectivity index (χ1v) is 16.2. The first kappa shape index (κ1) is 30.7. The topological polar surface area (TPSA) is 139 Å². The molecule has 0 spiro atoms. The van der Waals surface area contributed by atoms with Crippen molar-refractivity contribution in [1.29, 1.82) is 0 Å². The summed E-state index contributed by atoms with van der Waals surface area (Å²) in [6.45, 7) is 0.163. The highest BCUT2D eigenvalue weighted by Gasteiger charge is 2.61. The van der Waals surface area contributed by atoms with Gasteiger partial charge >= 0.3 is 5.97 Å². The molecular weight excluding hydrogens is 596 g/mol. The minimum absolute atomic E-state index is 0.163. The van der Waals surface area contributed by atoms with Gasteiger partial charge < -0.3 is 34.9 Å². The lowest BCUT2D eigenvalue weighted by atomic mass is 10.0. The fourth-order valence-electron chi connectivity index (χ4n) is 6.26. The summed E-state index contributed by atoms with van der Waals surface area (Å²) in [4.78, 5) is 46.7. The molecule has 2 aromatic carbocycles. The number of amides is 2. The Morgan fingerprint density at radius 1 is 1.11 bits per heavy atom. The number of carbonyl (C=O) groups is 3. The Bertz CT molecular complexity index is 1610. The zero-order valence-corrected chi connectivity index (χ0v) is 26.2. The van der Waals surface area contributed by atoms with Crippen LogP contribution in [-0.4, -0.2) is 77.3 Å². The Labute approximate surface area is 265 Å². The molecule has 2 aliphatic heterocycles. The minimum atomic E-state index is -1.37. The van der Waals surface area contributed by atoms with Gasteiger partial charge in [-0.1, -0.05) is 42.4 Å². The third-order valence-corrected chi connectivity index (χ3v) is 9.78. The number of carboxylic acids is 1. The van der Waals surface area contributed by atoms with E-state index >= 15 is 0 Å². The molecule has 1 aromatic heterocycles. The summed E-state index contributed by atoms with van der Waals surface area (Å²) in [7, 11) is 3.19. The summed E-state index contributed by atoms with van der Waals surface area (Å²) in [6, 6.07) is 11.5. The third kappa shape index (κ3) is 6.56. The molecule has 2 fully saturated rings. The fourth-order valence-corrected chi connectivity index (χ4v) is 7.17. The molecule has 0 unspecified atom stereocenters. The van der Waals surface area contributed by atoms with Gasteiger partial charge in [-0.2, -0.15) is 0 Å². The maximum absolute atomic E-state index is 14.3. The number of fused-ring (bicyclic) bond motifs is 3. The zero-order chi connectivity index (χ0) is 31.6. The first-order valence-electron chi connectivity index (χ1n) is 15.3. The third-order valence-electron chi connectivity index (χ3n) is 8.88. The van der Waals surface area contributed by atoms with Crippen molar-refractivity contribution in [2.24, 2.45) is 5.92 Å². The molecule has 3 aliphatic rings. The quantitative estimate of drug-likeness (QED) is 0.318. The van der Waals surface area contributed by atoms with Gasteiger partial charge in [-0.05, 0) is 56.0 Å². The lowest BCUT2D eigenvalue weighted by Crippen LogP contribution is -2.55. The van der Waals surface area contributed by atoms with E-state index in [-0.39, 0.29) is 24.8 Å².